The SMILES string of the molecule is CCCCC#CC1=C(C=O)CCC1. The van der Waals surface area contributed by atoms with E-state index in [1.165, 1.54) is 6.42 Å². The third-order valence-electron chi connectivity index (χ3n) is 2.30. The highest BCUT2D eigenvalue weighted by Gasteiger charge is 2.10. The second kappa shape index (κ2) is 5.59. The smallest absolute Gasteiger partial charge is 0.146 e. The van der Waals surface area contributed by atoms with Crippen molar-refractivity contribution in [2.45, 2.75) is 45.4 Å². The highest BCUT2D eigenvalue weighted by molar-refractivity contribution is 5.77. The van der Waals surface area contributed by atoms with Gasteiger partial charge in [0.05, 0.1) is 0 Å². The zero-order chi connectivity index (χ0) is 9.52. The highest BCUT2D eigenvalue weighted by Crippen LogP contribution is 2.23. The molecule has 1 aliphatic rings. The third-order valence-corrected chi connectivity index (χ3v) is 2.30. The average molecular weight is 176 g/mol. The first kappa shape index (κ1) is 10.1. The van der Waals surface area contributed by atoms with Crippen molar-refractivity contribution in [2.24, 2.45) is 0 Å². The van der Waals surface area contributed by atoms with Gasteiger partial charge >= 0.3 is 0 Å². The summed E-state index contributed by atoms with van der Waals surface area (Å²) in [6.07, 6.45) is 7.33. The molecule has 0 atom stereocenters. The van der Waals surface area contributed by atoms with Crippen molar-refractivity contribution in [3.8, 4) is 11.8 Å². The van der Waals surface area contributed by atoms with E-state index in [1.54, 1.807) is 0 Å². The number of rotatable bonds is 3. The lowest BCUT2D eigenvalue weighted by Crippen LogP contribution is -1.81. The normalized spacial score (nSPS) is 15.5. The summed E-state index contributed by atoms with van der Waals surface area (Å²) in [6.45, 7) is 2.16. The summed E-state index contributed by atoms with van der Waals surface area (Å²) in [4.78, 5) is 10.6. The van der Waals surface area contributed by atoms with Crippen molar-refractivity contribution in [3.63, 3.8) is 0 Å². The summed E-state index contributed by atoms with van der Waals surface area (Å²) >= 11 is 0. The van der Waals surface area contributed by atoms with Gasteiger partial charge in [-0.2, -0.15) is 0 Å². The fraction of sp³-hybridized carbons (Fsp3) is 0.583. The number of allylic oxidation sites excluding steroid dienone is 2. The van der Waals surface area contributed by atoms with Crippen LogP contribution in [-0.2, 0) is 4.79 Å². The van der Waals surface area contributed by atoms with Crippen LogP contribution in [0.1, 0.15) is 45.4 Å². The molecule has 70 valence electrons. The molecule has 13 heavy (non-hydrogen) atoms. The number of carbonyl (C=O) groups excluding carboxylic acids is 1. The Kier molecular flexibility index (Phi) is 4.32. The first-order valence-electron chi connectivity index (χ1n) is 5.04. The largest absolute Gasteiger partial charge is 0.298 e. The van der Waals surface area contributed by atoms with E-state index in [0.29, 0.717) is 0 Å². The molecule has 0 aliphatic heterocycles. The molecule has 0 heterocycles. The number of hydrogen-bond donors (Lipinski definition) is 0. The summed E-state index contributed by atoms with van der Waals surface area (Å²) in [6, 6.07) is 0. The van der Waals surface area contributed by atoms with Gasteiger partial charge < -0.3 is 0 Å². The lowest BCUT2D eigenvalue weighted by Gasteiger charge is -1.89. The summed E-state index contributed by atoms with van der Waals surface area (Å²) in [5, 5.41) is 0. The van der Waals surface area contributed by atoms with E-state index < -0.39 is 0 Å². The van der Waals surface area contributed by atoms with Gasteiger partial charge in [0.2, 0.25) is 0 Å². The van der Waals surface area contributed by atoms with E-state index in [-0.39, 0.29) is 0 Å². The Morgan fingerprint density at radius 1 is 1.46 bits per heavy atom. The molecule has 0 amide bonds. The van der Waals surface area contributed by atoms with Gasteiger partial charge in [-0.05, 0) is 25.7 Å². The van der Waals surface area contributed by atoms with Crippen molar-refractivity contribution in [1.29, 1.82) is 0 Å². The minimum Gasteiger partial charge on any atom is -0.298 e. The standard InChI is InChI=1S/C12H16O/c1-2-3-4-5-7-11-8-6-9-12(11)10-13/h10H,2-4,6,8-9H2,1H3. The van der Waals surface area contributed by atoms with E-state index in [9.17, 15) is 4.79 Å². The van der Waals surface area contributed by atoms with Crippen LogP contribution in [0, 0.1) is 11.8 Å². The molecular formula is C12H16O. The second-order valence-electron chi connectivity index (χ2n) is 3.38. The van der Waals surface area contributed by atoms with Gasteiger partial charge in [0.1, 0.15) is 6.29 Å². The predicted octanol–water partition coefficient (Wildman–Crippen LogP) is 2.86. The van der Waals surface area contributed by atoms with Crippen LogP contribution < -0.4 is 0 Å². The Morgan fingerprint density at radius 3 is 3.00 bits per heavy atom. The van der Waals surface area contributed by atoms with Crippen molar-refractivity contribution in [3.05, 3.63) is 11.1 Å². The Balaban J connectivity index is 2.49. The van der Waals surface area contributed by atoms with Crippen LogP contribution in [0.25, 0.3) is 0 Å². The van der Waals surface area contributed by atoms with Gasteiger partial charge in [-0.3, -0.25) is 4.79 Å². The van der Waals surface area contributed by atoms with E-state index in [2.05, 4.69) is 18.8 Å². The molecule has 1 aliphatic carbocycles. The van der Waals surface area contributed by atoms with E-state index in [1.807, 2.05) is 0 Å². The molecule has 0 aromatic rings. The van der Waals surface area contributed by atoms with Crippen LogP contribution >= 0.6 is 0 Å². The molecule has 1 rings (SSSR count). The third kappa shape index (κ3) is 3.06. The van der Waals surface area contributed by atoms with Gasteiger partial charge in [-0.25, -0.2) is 0 Å². The van der Waals surface area contributed by atoms with Gasteiger partial charge in [-0.15, -0.1) is 0 Å². The van der Waals surface area contributed by atoms with Crippen LogP contribution in [0.2, 0.25) is 0 Å². The number of unbranched alkanes of at least 4 members (excludes halogenated alkanes) is 2. The van der Waals surface area contributed by atoms with Crippen molar-refractivity contribution in [2.75, 3.05) is 0 Å². The number of hydrogen-bond acceptors (Lipinski definition) is 1. The van der Waals surface area contributed by atoms with Crippen LogP contribution in [0.15, 0.2) is 11.1 Å². The molecule has 1 nitrogen and oxygen atoms in total. The molecule has 0 N–H and O–H groups in total. The Bertz CT molecular complexity index is 263. The minimum absolute atomic E-state index is 0.932. The Morgan fingerprint density at radius 2 is 2.31 bits per heavy atom. The molecule has 0 radical (unpaired) electrons. The monoisotopic (exact) mass is 176 g/mol. The number of aldehydes is 1. The van der Waals surface area contributed by atoms with Crippen molar-refractivity contribution in [1.82, 2.24) is 0 Å². The van der Waals surface area contributed by atoms with Crippen molar-refractivity contribution < 1.29 is 4.79 Å². The summed E-state index contributed by atoms with van der Waals surface area (Å²) < 4.78 is 0. The van der Waals surface area contributed by atoms with E-state index >= 15 is 0 Å². The fourth-order valence-electron chi connectivity index (χ4n) is 1.47. The van der Waals surface area contributed by atoms with Gasteiger partial charge in [0, 0.05) is 17.6 Å². The Labute approximate surface area is 80.2 Å². The molecule has 0 saturated heterocycles. The second-order valence-corrected chi connectivity index (χ2v) is 3.38. The van der Waals surface area contributed by atoms with Crippen LogP contribution in [0.5, 0.6) is 0 Å². The zero-order valence-electron chi connectivity index (χ0n) is 8.23. The van der Waals surface area contributed by atoms with Gasteiger partial charge in [0.25, 0.3) is 0 Å². The molecule has 0 bridgehead atoms. The van der Waals surface area contributed by atoms with Crippen LogP contribution in [0.4, 0.5) is 0 Å². The fourth-order valence-corrected chi connectivity index (χ4v) is 1.47. The first-order valence-corrected chi connectivity index (χ1v) is 5.04. The summed E-state index contributed by atoms with van der Waals surface area (Å²) in [5.41, 5.74) is 2.02. The topological polar surface area (TPSA) is 17.1 Å². The lowest BCUT2D eigenvalue weighted by molar-refractivity contribution is -0.105. The Hall–Kier alpha value is -1.03. The molecule has 0 fully saturated rings. The molecule has 0 unspecified atom stereocenters. The quantitative estimate of drug-likeness (QED) is 0.367. The predicted molar refractivity (Wildman–Crippen MR) is 54.2 cm³/mol. The maximum absolute atomic E-state index is 10.6. The summed E-state index contributed by atoms with van der Waals surface area (Å²) in [5.74, 6) is 6.24. The molecule has 0 spiro atoms. The zero-order valence-corrected chi connectivity index (χ0v) is 8.23. The lowest BCUT2D eigenvalue weighted by atomic mass is 10.1. The van der Waals surface area contributed by atoms with Crippen molar-refractivity contribution >= 4 is 6.29 Å². The molecule has 0 saturated carbocycles. The molecular weight excluding hydrogens is 160 g/mol. The molecule has 1 heteroatoms. The van der Waals surface area contributed by atoms with Gasteiger partial charge in [0.15, 0.2) is 0 Å². The molecule has 0 aromatic carbocycles. The maximum atomic E-state index is 10.6. The first-order chi connectivity index (χ1) is 6.38. The summed E-state index contributed by atoms with van der Waals surface area (Å²) in [7, 11) is 0. The number of carbonyl (C=O) groups is 1. The van der Waals surface area contributed by atoms with Crippen LogP contribution in [-0.4, -0.2) is 6.29 Å². The molecule has 0 aromatic heterocycles. The van der Waals surface area contributed by atoms with E-state index in [0.717, 1.165) is 49.5 Å². The minimum atomic E-state index is 0.932. The highest BCUT2D eigenvalue weighted by atomic mass is 16.1. The van der Waals surface area contributed by atoms with E-state index in [4.69, 9.17) is 0 Å². The van der Waals surface area contributed by atoms with Crippen LogP contribution in [0.3, 0.4) is 0 Å². The van der Waals surface area contributed by atoms with Gasteiger partial charge in [-0.1, -0.05) is 25.2 Å². The maximum Gasteiger partial charge on any atom is 0.146 e. The average Bonchev–Trinajstić information content (AvgIpc) is 2.60.